The molecule has 3 heterocycles. The van der Waals surface area contributed by atoms with E-state index in [2.05, 4.69) is 20.6 Å². The first-order valence-corrected chi connectivity index (χ1v) is 12.6. The van der Waals surface area contributed by atoms with Crippen molar-refractivity contribution in [1.29, 1.82) is 0 Å². The number of hydrogen-bond acceptors (Lipinski definition) is 6. The molecule has 0 bridgehead atoms. The standard InChI is InChI=1S/C27H27ClN6O5/c1-3-21(17-5-4-6-18(28)15-17)31-26(37)34-23(25(36)33(2)19-8-10-29-11-9-19)20(24(34)35)13-16-7-12-30-22(14-16)32-27(38)39/h4-12,14-15,20-21,23H,3,13H2,1-2H3,(H,30,32)(H,31,37)(H,38,39). The van der Waals surface area contributed by atoms with Crippen molar-refractivity contribution in [3.05, 3.63) is 83.3 Å². The number of carboxylic acid groups (broad SMARTS) is 1. The molecule has 0 spiro atoms. The number of likely N-dealkylation sites (N-methyl/N-ethyl adjacent to an activating group) is 1. The predicted molar refractivity (Wildman–Crippen MR) is 144 cm³/mol. The van der Waals surface area contributed by atoms with Gasteiger partial charge < -0.3 is 15.3 Å². The highest BCUT2D eigenvalue weighted by molar-refractivity contribution is 6.30. The molecule has 4 rings (SSSR count). The van der Waals surface area contributed by atoms with Crippen molar-refractivity contribution in [1.82, 2.24) is 20.2 Å². The largest absolute Gasteiger partial charge is 0.465 e. The van der Waals surface area contributed by atoms with Crippen LogP contribution in [0.25, 0.3) is 0 Å². The Morgan fingerprint density at radius 3 is 2.54 bits per heavy atom. The minimum atomic E-state index is -1.28. The van der Waals surface area contributed by atoms with Crippen molar-refractivity contribution in [3.63, 3.8) is 0 Å². The van der Waals surface area contributed by atoms with Gasteiger partial charge in [0.1, 0.15) is 11.9 Å². The molecule has 1 saturated heterocycles. The Balaban J connectivity index is 1.60. The van der Waals surface area contributed by atoms with E-state index in [9.17, 15) is 19.2 Å². The predicted octanol–water partition coefficient (Wildman–Crippen LogP) is 4.11. The van der Waals surface area contributed by atoms with Crippen LogP contribution in [0.3, 0.4) is 0 Å². The molecule has 0 radical (unpaired) electrons. The van der Waals surface area contributed by atoms with Crippen molar-refractivity contribution in [2.75, 3.05) is 17.3 Å². The van der Waals surface area contributed by atoms with E-state index in [4.69, 9.17) is 16.7 Å². The van der Waals surface area contributed by atoms with E-state index in [1.165, 1.54) is 29.6 Å². The molecular weight excluding hydrogens is 524 g/mol. The number of amides is 5. The van der Waals surface area contributed by atoms with E-state index in [-0.39, 0.29) is 12.2 Å². The second kappa shape index (κ2) is 11.9. The van der Waals surface area contributed by atoms with Crippen molar-refractivity contribution < 1.29 is 24.3 Å². The Bertz CT molecular complexity index is 1390. The van der Waals surface area contributed by atoms with E-state index in [1.807, 2.05) is 13.0 Å². The Kier molecular flexibility index (Phi) is 8.40. The molecule has 2 aromatic heterocycles. The van der Waals surface area contributed by atoms with Crippen LogP contribution in [0.15, 0.2) is 67.1 Å². The van der Waals surface area contributed by atoms with Crippen LogP contribution in [0.4, 0.5) is 21.1 Å². The average Bonchev–Trinajstić information content (AvgIpc) is 2.92. The molecule has 3 unspecified atom stereocenters. The summed E-state index contributed by atoms with van der Waals surface area (Å²) in [5, 5.41) is 14.5. The third kappa shape index (κ3) is 6.15. The van der Waals surface area contributed by atoms with Gasteiger partial charge in [0.15, 0.2) is 0 Å². The lowest BCUT2D eigenvalue weighted by Gasteiger charge is -2.46. The van der Waals surface area contributed by atoms with Gasteiger partial charge in [0.05, 0.1) is 12.0 Å². The van der Waals surface area contributed by atoms with Gasteiger partial charge in [-0.2, -0.15) is 0 Å². The molecular formula is C27H27ClN6O5. The first-order valence-electron chi connectivity index (χ1n) is 12.2. The molecule has 3 N–H and O–H groups in total. The quantitative estimate of drug-likeness (QED) is 0.358. The summed E-state index contributed by atoms with van der Waals surface area (Å²) in [5.41, 5.74) is 1.91. The number of hydrogen-bond donors (Lipinski definition) is 3. The molecule has 1 aliphatic heterocycles. The number of urea groups is 1. The highest BCUT2D eigenvalue weighted by atomic mass is 35.5. The Labute approximate surface area is 229 Å². The minimum absolute atomic E-state index is 0.0884. The summed E-state index contributed by atoms with van der Waals surface area (Å²) < 4.78 is 0. The van der Waals surface area contributed by atoms with E-state index in [1.54, 1.807) is 43.4 Å². The Morgan fingerprint density at radius 1 is 1.13 bits per heavy atom. The Hall–Kier alpha value is -4.51. The molecule has 1 aliphatic rings. The van der Waals surface area contributed by atoms with Crippen LogP contribution in [-0.2, 0) is 16.0 Å². The van der Waals surface area contributed by atoms with E-state index >= 15 is 0 Å². The maximum atomic E-state index is 13.7. The fourth-order valence-corrected chi connectivity index (χ4v) is 4.74. The molecule has 1 aromatic carbocycles. The van der Waals surface area contributed by atoms with Crippen LogP contribution in [0.1, 0.15) is 30.5 Å². The van der Waals surface area contributed by atoms with Crippen LogP contribution < -0.4 is 15.5 Å². The van der Waals surface area contributed by atoms with Crippen molar-refractivity contribution in [3.8, 4) is 0 Å². The monoisotopic (exact) mass is 550 g/mol. The number of anilines is 2. The van der Waals surface area contributed by atoms with Crippen molar-refractivity contribution in [2.45, 2.75) is 31.8 Å². The number of likely N-dealkylation sites (tertiary alicyclic amines) is 1. The summed E-state index contributed by atoms with van der Waals surface area (Å²) in [6.07, 6.45) is 3.84. The van der Waals surface area contributed by atoms with E-state index < -0.39 is 41.9 Å². The zero-order valence-electron chi connectivity index (χ0n) is 21.2. The van der Waals surface area contributed by atoms with Crippen LogP contribution in [0, 0.1) is 5.92 Å². The maximum Gasteiger partial charge on any atom is 0.410 e. The van der Waals surface area contributed by atoms with Gasteiger partial charge in [-0.3, -0.25) is 24.8 Å². The first kappa shape index (κ1) is 27.5. The van der Waals surface area contributed by atoms with Crippen molar-refractivity contribution >= 4 is 47.0 Å². The fraction of sp³-hybridized carbons (Fsp3) is 0.259. The van der Waals surface area contributed by atoms with Gasteiger partial charge in [-0.15, -0.1) is 0 Å². The maximum absolute atomic E-state index is 13.7. The third-order valence-electron chi connectivity index (χ3n) is 6.54. The van der Waals surface area contributed by atoms with Gasteiger partial charge in [-0.1, -0.05) is 30.7 Å². The number of halogens is 1. The molecule has 1 fully saturated rings. The molecule has 3 atom stereocenters. The van der Waals surface area contributed by atoms with Crippen LogP contribution in [-0.4, -0.2) is 57.0 Å². The zero-order valence-corrected chi connectivity index (χ0v) is 22.0. The lowest BCUT2D eigenvalue weighted by Crippen LogP contribution is -2.70. The second-order valence-electron chi connectivity index (χ2n) is 9.01. The molecule has 11 nitrogen and oxygen atoms in total. The topological polar surface area (TPSA) is 145 Å². The molecule has 202 valence electrons. The summed E-state index contributed by atoms with van der Waals surface area (Å²) in [7, 11) is 1.57. The fourth-order valence-electron chi connectivity index (χ4n) is 4.55. The van der Waals surface area contributed by atoms with Gasteiger partial charge in [0, 0.05) is 36.3 Å². The summed E-state index contributed by atoms with van der Waals surface area (Å²) in [6, 6.07) is 11.3. The number of pyridine rings is 2. The molecule has 39 heavy (non-hydrogen) atoms. The number of carbonyl (C=O) groups excluding carboxylic acids is 3. The number of imide groups is 1. The highest BCUT2D eigenvalue weighted by Gasteiger charge is 2.55. The van der Waals surface area contributed by atoms with Crippen LogP contribution >= 0.6 is 11.6 Å². The molecule has 12 heteroatoms. The zero-order chi connectivity index (χ0) is 28.1. The van der Waals surface area contributed by atoms with Crippen molar-refractivity contribution in [2.24, 2.45) is 5.92 Å². The van der Waals surface area contributed by atoms with Gasteiger partial charge >= 0.3 is 12.1 Å². The first-order chi connectivity index (χ1) is 18.7. The average molecular weight is 551 g/mol. The van der Waals surface area contributed by atoms with Crippen LogP contribution in [0.2, 0.25) is 5.02 Å². The van der Waals surface area contributed by atoms with Gasteiger partial charge in [0.2, 0.25) is 5.91 Å². The number of nitrogens with zero attached hydrogens (tertiary/aromatic N) is 4. The molecule has 0 saturated carbocycles. The Morgan fingerprint density at radius 2 is 1.87 bits per heavy atom. The van der Waals surface area contributed by atoms with E-state index in [0.29, 0.717) is 22.7 Å². The van der Waals surface area contributed by atoms with Gasteiger partial charge in [-0.05, 0) is 60.4 Å². The summed E-state index contributed by atoms with van der Waals surface area (Å²) in [4.78, 5) is 61.7. The molecule has 0 aliphatic carbocycles. The summed E-state index contributed by atoms with van der Waals surface area (Å²) >= 11 is 6.13. The number of β-lactam (4-membered cyclic amide) rings is 1. The lowest BCUT2D eigenvalue weighted by atomic mass is 9.81. The molecule has 3 aromatic rings. The van der Waals surface area contributed by atoms with Crippen LogP contribution in [0.5, 0.6) is 0 Å². The number of carbonyl (C=O) groups is 4. The number of benzene rings is 1. The van der Waals surface area contributed by atoms with Gasteiger partial charge in [0.25, 0.3) is 5.91 Å². The SMILES string of the molecule is CCC(NC(=O)N1C(=O)C(Cc2ccnc(NC(=O)O)c2)C1C(=O)N(C)c1ccncc1)c1cccc(Cl)c1. The minimum Gasteiger partial charge on any atom is -0.465 e. The second-order valence-corrected chi connectivity index (χ2v) is 9.45. The normalized spacial score (nSPS) is 17.1. The number of nitrogens with one attached hydrogen (secondary N) is 2. The highest BCUT2D eigenvalue weighted by Crippen LogP contribution is 2.33. The smallest absolute Gasteiger partial charge is 0.410 e. The number of rotatable bonds is 8. The summed E-state index contributed by atoms with van der Waals surface area (Å²) in [5.74, 6) is -1.72. The van der Waals surface area contributed by atoms with E-state index in [0.717, 1.165) is 10.5 Å². The van der Waals surface area contributed by atoms with Gasteiger partial charge in [-0.25, -0.2) is 14.6 Å². The number of aromatic nitrogens is 2. The summed E-state index contributed by atoms with van der Waals surface area (Å²) in [6.45, 7) is 1.89. The third-order valence-corrected chi connectivity index (χ3v) is 6.77. The molecule has 5 amide bonds. The lowest BCUT2D eigenvalue weighted by molar-refractivity contribution is -0.156.